The summed E-state index contributed by atoms with van der Waals surface area (Å²) < 4.78 is 5.24. The van der Waals surface area contributed by atoms with E-state index in [2.05, 4.69) is 4.98 Å². The van der Waals surface area contributed by atoms with Crippen molar-refractivity contribution >= 4 is 52.2 Å². The molecule has 7 rings (SSSR count). The van der Waals surface area contributed by atoms with Gasteiger partial charge in [-0.1, -0.05) is 35.1 Å². The number of hydrogen-bond donors (Lipinski definition) is 1. The van der Waals surface area contributed by atoms with Crippen LogP contribution in [-0.4, -0.2) is 29.2 Å². The van der Waals surface area contributed by atoms with Crippen molar-refractivity contribution in [2.24, 2.45) is 29.6 Å². The Balaban J connectivity index is 1.30. The third kappa shape index (κ3) is 2.99. The normalized spacial score (nSPS) is 32.5. The predicted octanol–water partition coefficient (Wildman–Crippen LogP) is 4.78. The highest BCUT2D eigenvalue weighted by molar-refractivity contribution is 8.00. The zero-order chi connectivity index (χ0) is 24.0. The van der Waals surface area contributed by atoms with E-state index in [0.717, 1.165) is 21.9 Å². The third-order valence-electron chi connectivity index (χ3n) is 8.28. The molecule has 1 saturated heterocycles. The summed E-state index contributed by atoms with van der Waals surface area (Å²) in [5.74, 6) is 0.254. The molecule has 3 fully saturated rings. The molecular weight excluding hydrogens is 504 g/mol. The number of imide groups is 1. The maximum Gasteiger partial charge on any atom is 0.305 e. The number of anilines is 1. The average Bonchev–Trinajstić information content (AvgIpc) is 3.59. The first-order valence-corrected chi connectivity index (χ1v) is 13.7. The van der Waals surface area contributed by atoms with Gasteiger partial charge in [0.15, 0.2) is 0 Å². The number of halogens is 1. The molecule has 2 aromatic carbocycles. The monoisotopic (exact) mass is 524 g/mol. The summed E-state index contributed by atoms with van der Waals surface area (Å²) in [5, 5.41) is 1.75. The van der Waals surface area contributed by atoms with Crippen LogP contribution in [0.1, 0.15) is 22.8 Å². The second kappa shape index (κ2) is 7.72. The number of methoxy groups -OCH3 is 1. The summed E-state index contributed by atoms with van der Waals surface area (Å²) in [7, 11) is 1.59. The van der Waals surface area contributed by atoms with Gasteiger partial charge in [0, 0.05) is 21.1 Å². The number of thioether (sulfide) groups is 1. The van der Waals surface area contributed by atoms with Crippen LogP contribution in [0, 0.1) is 29.6 Å². The van der Waals surface area contributed by atoms with E-state index >= 15 is 0 Å². The predicted molar refractivity (Wildman–Crippen MR) is 135 cm³/mol. The summed E-state index contributed by atoms with van der Waals surface area (Å²) in [6, 6.07) is 14.9. The van der Waals surface area contributed by atoms with Crippen molar-refractivity contribution < 1.29 is 14.3 Å². The van der Waals surface area contributed by atoms with Crippen LogP contribution in [0.3, 0.4) is 0 Å². The van der Waals surface area contributed by atoms with Crippen LogP contribution in [0.5, 0.6) is 5.75 Å². The van der Waals surface area contributed by atoms with Crippen molar-refractivity contribution in [2.75, 3.05) is 12.0 Å². The number of carbonyl (C=O) groups excluding carboxylic acids is 2. The van der Waals surface area contributed by atoms with Gasteiger partial charge in [0.05, 0.1) is 29.7 Å². The molecule has 178 valence electrons. The van der Waals surface area contributed by atoms with E-state index in [4.69, 9.17) is 16.3 Å². The second-order valence-electron chi connectivity index (χ2n) is 9.72. The average molecular weight is 525 g/mol. The Bertz CT molecular complexity index is 1420. The first-order chi connectivity index (χ1) is 17.0. The number of rotatable bonds is 3. The van der Waals surface area contributed by atoms with E-state index in [-0.39, 0.29) is 57.4 Å². The fourth-order valence-corrected chi connectivity index (χ4v) is 10.1. The summed E-state index contributed by atoms with van der Waals surface area (Å²) in [6.07, 6.45) is 0.870. The molecule has 6 nitrogen and oxygen atoms in total. The van der Waals surface area contributed by atoms with E-state index in [1.807, 2.05) is 24.3 Å². The van der Waals surface area contributed by atoms with Gasteiger partial charge < -0.3 is 9.72 Å². The van der Waals surface area contributed by atoms with Crippen molar-refractivity contribution in [1.29, 1.82) is 0 Å². The number of nitrogens with one attached hydrogen (secondary N) is 1. The molecule has 35 heavy (non-hydrogen) atoms. The van der Waals surface area contributed by atoms with Gasteiger partial charge in [-0.15, -0.1) is 11.8 Å². The van der Waals surface area contributed by atoms with Gasteiger partial charge in [-0.2, -0.15) is 0 Å². The highest BCUT2D eigenvalue weighted by atomic mass is 35.5. The molecule has 4 aliphatic rings. The van der Waals surface area contributed by atoms with Gasteiger partial charge in [-0.25, -0.2) is 0 Å². The number of benzene rings is 2. The summed E-state index contributed by atoms with van der Waals surface area (Å²) in [4.78, 5) is 45.1. The molecule has 1 N–H and O–H groups in total. The lowest BCUT2D eigenvalue weighted by atomic mass is 9.68. The van der Waals surface area contributed by atoms with Gasteiger partial charge in [0.25, 0.3) is 0 Å². The maximum atomic E-state index is 13.8. The van der Waals surface area contributed by atoms with Crippen molar-refractivity contribution in [1.82, 2.24) is 4.98 Å². The quantitative estimate of drug-likeness (QED) is 0.499. The Labute approximate surface area is 214 Å². The number of nitrogens with zero attached hydrogens (tertiary/aromatic N) is 1. The molecule has 3 heterocycles. The molecule has 2 aliphatic carbocycles. The van der Waals surface area contributed by atoms with Crippen molar-refractivity contribution in [3.05, 3.63) is 73.7 Å². The molecule has 0 spiro atoms. The smallest absolute Gasteiger partial charge is 0.305 e. The number of hydrogen-bond acceptors (Lipinski definition) is 6. The minimum Gasteiger partial charge on any atom is -0.497 e. The fourth-order valence-electron chi connectivity index (χ4n) is 7.05. The standard InChI is InChI=1S/C26H21ClN2O4S2/c1-33-14-8-6-13(7-9-14)29-24(30)19-15-10-16(20(19)25(29)31)21-18(15)17(11-2-4-12(27)5-3-11)22-23(34-21)28-26(32)35-22/h2-9,15-21H,10H2,1H3,(H,28,32)/t15-,16-,17+,18+,19+,20+,21-/m1/s1. The van der Waals surface area contributed by atoms with Crippen LogP contribution < -0.4 is 14.5 Å². The van der Waals surface area contributed by atoms with E-state index in [1.54, 1.807) is 43.1 Å². The van der Waals surface area contributed by atoms with Gasteiger partial charge in [-0.3, -0.25) is 19.3 Å². The Morgan fingerprint density at radius 1 is 0.971 bits per heavy atom. The zero-order valence-corrected chi connectivity index (χ0v) is 21.0. The maximum absolute atomic E-state index is 13.8. The van der Waals surface area contributed by atoms with Crippen LogP contribution in [0.25, 0.3) is 0 Å². The SMILES string of the molecule is COc1ccc(N2C(=O)[C@H]3[C@H]4C[C@@H]([C@@H]3C2=O)[C@H]2[C@H](c3ccc(Cl)cc3)c3sc(=O)[nH]c3S[C@H]42)cc1. The number of thiazole rings is 1. The van der Waals surface area contributed by atoms with Crippen molar-refractivity contribution in [2.45, 2.75) is 22.6 Å². The van der Waals surface area contributed by atoms with Gasteiger partial charge in [-0.05, 0) is 66.1 Å². The number of amides is 2. The molecule has 0 radical (unpaired) electrons. The molecule has 1 aromatic heterocycles. The van der Waals surface area contributed by atoms with Crippen molar-refractivity contribution in [3.8, 4) is 5.75 Å². The fraction of sp³-hybridized carbons (Fsp3) is 0.346. The number of H-pyrrole nitrogens is 1. The minimum atomic E-state index is -0.316. The lowest BCUT2D eigenvalue weighted by Gasteiger charge is -2.43. The largest absolute Gasteiger partial charge is 0.497 e. The first-order valence-electron chi connectivity index (χ1n) is 11.6. The summed E-state index contributed by atoms with van der Waals surface area (Å²) >= 11 is 9.14. The van der Waals surface area contributed by atoms with Crippen molar-refractivity contribution in [3.63, 3.8) is 0 Å². The number of fused-ring (bicyclic) bond motifs is 9. The summed E-state index contributed by atoms with van der Waals surface area (Å²) in [5.41, 5.74) is 1.71. The van der Waals surface area contributed by atoms with Gasteiger partial charge in [0.2, 0.25) is 11.8 Å². The van der Waals surface area contributed by atoms with Crippen LogP contribution in [0.15, 0.2) is 58.4 Å². The van der Waals surface area contributed by atoms with Crippen LogP contribution >= 0.6 is 34.7 Å². The van der Waals surface area contributed by atoms with Crippen LogP contribution in [0.4, 0.5) is 5.69 Å². The topological polar surface area (TPSA) is 79.5 Å². The molecule has 0 unspecified atom stereocenters. The lowest BCUT2D eigenvalue weighted by Crippen LogP contribution is -2.42. The Morgan fingerprint density at radius 2 is 1.66 bits per heavy atom. The molecule has 9 heteroatoms. The molecular formula is C26H21ClN2O4S2. The lowest BCUT2D eigenvalue weighted by molar-refractivity contribution is -0.123. The minimum absolute atomic E-state index is 0.00588. The summed E-state index contributed by atoms with van der Waals surface area (Å²) in [6.45, 7) is 0. The zero-order valence-electron chi connectivity index (χ0n) is 18.6. The van der Waals surface area contributed by atoms with Gasteiger partial charge in [0.1, 0.15) is 5.75 Å². The Morgan fingerprint density at radius 3 is 2.34 bits per heavy atom. The third-order valence-corrected chi connectivity index (χ3v) is 11.1. The molecule has 7 atom stereocenters. The number of aromatic amines is 1. The van der Waals surface area contributed by atoms with E-state index < -0.39 is 0 Å². The molecule has 2 aliphatic heterocycles. The van der Waals surface area contributed by atoms with E-state index in [9.17, 15) is 14.4 Å². The van der Waals surface area contributed by atoms with E-state index in [0.29, 0.717) is 16.5 Å². The van der Waals surface area contributed by atoms with Crippen LogP contribution in [-0.2, 0) is 9.59 Å². The highest BCUT2D eigenvalue weighted by Gasteiger charge is 2.69. The molecule has 3 aromatic rings. The number of carbonyl (C=O) groups is 2. The highest BCUT2D eigenvalue weighted by Crippen LogP contribution is 2.68. The van der Waals surface area contributed by atoms with Crippen LogP contribution in [0.2, 0.25) is 5.02 Å². The second-order valence-corrected chi connectivity index (χ2v) is 12.4. The van der Waals surface area contributed by atoms with E-state index in [1.165, 1.54) is 16.2 Å². The Hall–Kier alpha value is -2.55. The molecule has 2 bridgehead atoms. The molecule has 2 saturated carbocycles. The molecule has 2 amide bonds. The number of aromatic nitrogens is 1. The van der Waals surface area contributed by atoms with Gasteiger partial charge >= 0.3 is 4.87 Å². The first kappa shape index (κ1) is 21.7. The Kier molecular flexibility index (Phi) is 4.79. The number of ether oxygens (including phenoxy) is 1.